The first-order valence-electron chi connectivity index (χ1n) is 8.14. The van der Waals surface area contributed by atoms with Gasteiger partial charge >= 0.3 is 6.18 Å². The normalized spacial score (nSPS) is 20.5. The van der Waals surface area contributed by atoms with E-state index in [0.29, 0.717) is 24.2 Å². The van der Waals surface area contributed by atoms with Gasteiger partial charge in [0.2, 0.25) is 5.95 Å². The number of aromatic nitrogens is 4. The van der Waals surface area contributed by atoms with E-state index in [0.717, 1.165) is 12.6 Å². The van der Waals surface area contributed by atoms with Crippen molar-refractivity contribution in [2.75, 3.05) is 17.7 Å². The number of aryl methyl sites for hydroxylation is 1. The van der Waals surface area contributed by atoms with Gasteiger partial charge in [0.05, 0.1) is 11.4 Å². The number of carbonyl (C=O) groups is 1. The summed E-state index contributed by atoms with van der Waals surface area (Å²) in [4.78, 5) is 19.8. The zero-order valence-corrected chi connectivity index (χ0v) is 14.6. The van der Waals surface area contributed by atoms with E-state index < -0.39 is 17.3 Å². The first-order valence-corrected chi connectivity index (χ1v) is 8.14. The Bertz CT molecular complexity index is 847. The van der Waals surface area contributed by atoms with Crippen molar-refractivity contribution in [2.45, 2.75) is 44.8 Å². The highest BCUT2D eigenvalue weighted by molar-refractivity contribution is 5.88. The quantitative estimate of drug-likeness (QED) is 0.862. The van der Waals surface area contributed by atoms with Crippen LogP contribution in [0.2, 0.25) is 0 Å². The summed E-state index contributed by atoms with van der Waals surface area (Å²) in [5.74, 6) is -0.194. The van der Waals surface area contributed by atoms with Crippen molar-refractivity contribution in [3.05, 3.63) is 23.7 Å². The second kappa shape index (κ2) is 6.26. The first kappa shape index (κ1) is 18.2. The fraction of sp³-hybridized carbons (Fsp3) is 0.500. The molecule has 0 aromatic carbocycles. The predicted octanol–water partition coefficient (Wildman–Crippen LogP) is 3.25. The van der Waals surface area contributed by atoms with E-state index in [-0.39, 0.29) is 17.5 Å². The second-order valence-corrected chi connectivity index (χ2v) is 6.45. The van der Waals surface area contributed by atoms with Crippen LogP contribution in [-0.4, -0.2) is 32.6 Å². The number of hydrogen-bond acceptors (Lipinski definition) is 6. The maximum atomic E-state index is 12.9. The number of nitrogens with zero attached hydrogens (tertiary/aromatic N) is 4. The molecule has 1 aliphatic carbocycles. The molecular formula is C16H19F3N6O. The monoisotopic (exact) mass is 368 g/mol. The van der Waals surface area contributed by atoms with E-state index in [4.69, 9.17) is 0 Å². The van der Waals surface area contributed by atoms with Crippen LogP contribution in [0, 0.1) is 6.92 Å². The summed E-state index contributed by atoms with van der Waals surface area (Å²) in [5, 5.41) is 9.70. The van der Waals surface area contributed by atoms with Crippen LogP contribution in [-0.2, 0) is 16.5 Å². The number of ketones is 1. The molecular weight excluding hydrogens is 349 g/mol. The Morgan fingerprint density at radius 2 is 2.08 bits per heavy atom. The Hall–Kier alpha value is -2.65. The van der Waals surface area contributed by atoms with Crippen molar-refractivity contribution in [1.29, 1.82) is 0 Å². The van der Waals surface area contributed by atoms with Crippen LogP contribution in [0.3, 0.4) is 0 Å². The Labute approximate surface area is 148 Å². The molecule has 1 fully saturated rings. The van der Waals surface area contributed by atoms with E-state index in [1.807, 2.05) is 6.92 Å². The van der Waals surface area contributed by atoms with Crippen molar-refractivity contribution in [3.8, 4) is 0 Å². The van der Waals surface area contributed by atoms with Crippen LogP contribution in [0.5, 0.6) is 0 Å². The smallest absolute Gasteiger partial charge is 0.372 e. The average molecular weight is 368 g/mol. The van der Waals surface area contributed by atoms with Crippen LogP contribution in [0.15, 0.2) is 12.4 Å². The number of alkyl halides is 3. The van der Waals surface area contributed by atoms with Gasteiger partial charge in [-0.05, 0) is 26.7 Å². The lowest BCUT2D eigenvalue weighted by Crippen LogP contribution is -2.34. The molecule has 0 bridgehead atoms. The Morgan fingerprint density at radius 3 is 2.65 bits per heavy atom. The van der Waals surface area contributed by atoms with Gasteiger partial charge in [0.25, 0.3) is 0 Å². The van der Waals surface area contributed by atoms with Crippen molar-refractivity contribution < 1.29 is 18.0 Å². The van der Waals surface area contributed by atoms with Gasteiger partial charge in [-0.3, -0.25) is 9.48 Å². The summed E-state index contributed by atoms with van der Waals surface area (Å²) in [5.41, 5.74) is -0.503. The van der Waals surface area contributed by atoms with Crippen LogP contribution in [0.4, 0.5) is 30.6 Å². The molecule has 2 aromatic rings. The molecule has 0 unspecified atom stereocenters. The van der Waals surface area contributed by atoms with Gasteiger partial charge in [-0.2, -0.15) is 23.3 Å². The van der Waals surface area contributed by atoms with Crippen LogP contribution >= 0.6 is 0 Å². The molecule has 0 radical (unpaired) electrons. The van der Waals surface area contributed by atoms with Gasteiger partial charge in [0.15, 0.2) is 5.78 Å². The Morgan fingerprint density at radius 1 is 1.35 bits per heavy atom. The fourth-order valence-electron chi connectivity index (χ4n) is 3.04. The van der Waals surface area contributed by atoms with E-state index in [2.05, 4.69) is 25.7 Å². The number of hydrogen-bond donors (Lipinski definition) is 2. The molecule has 1 aliphatic rings. The molecule has 2 heterocycles. The zero-order valence-electron chi connectivity index (χ0n) is 14.6. The Balaban J connectivity index is 1.89. The van der Waals surface area contributed by atoms with Crippen LogP contribution < -0.4 is 10.6 Å². The highest BCUT2D eigenvalue weighted by Crippen LogP contribution is 2.35. The molecule has 1 atom stereocenters. The lowest BCUT2D eigenvalue weighted by molar-refractivity contribution is -0.137. The molecule has 0 amide bonds. The zero-order chi connectivity index (χ0) is 19.1. The maximum Gasteiger partial charge on any atom is 0.421 e. The second-order valence-electron chi connectivity index (χ2n) is 6.45. The molecule has 2 N–H and O–H groups in total. The summed E-state index contributed by atoms with van der Waals surface area (Å²) < 4.78 is 40.4. The fourth-order valence-corrected chi connectivity index (χ4v) is 3.04. The maximum absolute atomic E-state index is 12.9. The van der Waals surface area contributed by atoms with Crippen LogP contribution in [0.1, 0.15) is 37.4 Å². The number of Topliss-reactive ketones (excluding diaryl/α,β-unsaturated/α-hetero) is 1. The van der Waals surface area contributed by atoms with E-state index >= 15 is 0 Å². The van der Waals surface area contributed by atoms with E-state index in [1.54, 1.807) is 17.8 Å². The van der Waals surface area contributed by atoms with Gasteiger partial charge in [0.1, 0.15) is 16.9 Å². The van der Waals surface area contributed by atoms with E-state index in [9.17, 15) is 18.0 Å². The molecule has 26 heavy (non-hydrogen) atoms. The van der Waals surface area contributed by atoms with Crippen molar-refractivity contribution in [1.82, 2.24) is 19.7 Å². The molecule has 1 saturated carbocycles. The molecule has 3 rings (SSSR count). The largest absolute Gasteiger partial charge is 0.421 e. The topological polar surface area (TPSA) is 84.7 Å². The van der Waals surface area contributed by atoms with Gasteiger partial charge in [0, 0.05) is 25.9 Å². The first-order chi connectivity index (χ1) is 12.1. The van der Waals surface area contributed by atoms with Crippen molar-refractivity contribution in [2.24, 2.45) is 0 Å². The minimum absolute atomic E-state index is 0.00732. The predicted molar refractivity (Wildman–Crippen MR) is 89.3 cm³/mol. The molecule has 0 aliphatic heterocycles. The number of rotatable bonds is 4. The lowest BCUT2D eigenvalue weighted by atomic mass is 10.0. The van der Waals surface area contributed by atoms with Gasteiger partial charge in [-0.15, -0.1) is 0 Å². The number of anilines is 3. The highest BCUT2D eigenvalue weighted by Gasteiger charge is 2.40. The van der Waals surface area contributed by atoms with Gasteiger partial charge in [-0.1, -0.05) is 0 Å². The summed E-state index contributed by atoms with van der Waals surface area (Å²) in [7, 11) is 1.36. The van der Waals surface area contributed by atoms with Crippen molar-refractivity contribution >= 4 is 23.2 Å². The molecule has 140 valence electrons. The summed E-state index contributed by atoms with van der Waals surface area (Å²) in [6.45, 7) is 3.58. The third kappa shape index (κ3) is 3.11. The molecule has 0 saturated heterocycles. The SMILES string of the molecule is CNc1nc(Nc2cn([C@]3(C)CCCC3=O)nc2C)ncc1C(F)(F)F. The highest BCUT2D eigenvalue weighted by atomic mass is 19.4. The molecule has 10 heteroatoms. The van der Waals surface area contributed by atoms with Crippen LogP contribution in [0.25, 0.3) is 0 Å². The minimum atomic E-state index is -4.55. The van der Waals surface area contributed by atoms with E-state index in [1.165, 1.54) is 7.05 Å². The number of halogens is 3. The molecule has 7 nitrogen and oxygen atoms in total. The Kier molecular flexibility index (Phi) is 4.37. The summed E-state index contributed by atoms with van der Waals surface area (Å²) in [6, 6.07) is 0. The summed E-state index contributed by atoms with van der Waals surface area (Å²) in [6.07, 6.45) is -0.125. The number of carbonyl (C=O) groups excluding carboxylic acids is 1. The third-order valence-corrected chi connectivity index (χ3v) is 4.65. The average Bonchev–Trinajstić information content (AvgIpc) is 3.10. The summed E-state index contributed by atoms with van der Waals surface area (Å²) >= 11 is 0. The molecule has 0 spiro atoms. The third-order valence-electron chi connectivity index (χ3n) is 4.65. The lowest BCUT2D eigenvalue weighted by Gasteiger charge is -2.22. The standard InChI is InChI=1S/C16H19F3N6O/c1-9-11(8-25(24-9)15(2)6-4-5-12(15)26)22-14-21-7-10(16(17,18)19)13(20-3)23-14/h7-8H,4-6H2,1-3H3,(H2,20,21,22,23)/t15-/m1/s1. The molecule has 2 aromatic heterocycles. The van der Waals surface area contributed by atoms with Crippen molar-refractivity contribution in [3.63, 3.8) is 0 Å². The number of nitrogens with one attached hydrogen (secondary N) is 2. The van der Waals surface area contributed by atoms with Gasteiger partial charge < -0.3 is 10.6 Å². The van der Waals surface area contributed by atoms with Gasteiger partial charge in [-0.25, -0.2) is 4.98 Å². The minimum Gasteiger partial charge on any atom is -0.372 e.